The van der Waals surface area contributed by atoms with Gasteiger partial charge in [-0.15, -0.1) is 0 Å². The first-order valence-corrected chi connectivity index (χ1v) is 11.9. The van der Waals surface area contributed by atoms with Crippen LogP contribution < -0.4 is 16.0 Å². The number of fused-ring (bicyclic) bond motifs is 1. The van der Waals surface area contributed by atoms with E-state index in [1.54, 1.807) is 4.90 Å². The largest absolute Gasteiger partial charge is 0.370 e. The third-order valence-corrected chi connectivity index (χ3v) is 6.22. The van der Waals surface area contributed by atoms with Crippen molar-refractivity contribution in [3.05, 3.63) is 95.3 Å². The van der Waals surface area contributed by atoms with Crippen molar-refractivity contribution in [2.45, 2.75) is 25.8 Å². The monoisotopic (exact) mass is 488 g/mol. The second-order valence-electron chi connectivity index (χ2n) is 8.81. The van der Waals surface area contributed by atoms with E-state index in [4.69, 9.17) is 5.73 Å². The highest BCUT2D eigenvalue weighted by atomic mass is 19.1. The number of carbonyl (C=O) groups is 3. The van der Waals surface area contributed by atoms with Crippen LogP contribution in [0, 0.1) is 5.82 Å². The lowest BCUT2D eigenvalue weighted by atomic mass is 9.99. The number of benzene rings is 3. The Bertz CT molecular complexity index is 1230. The molecule has 4 rings (SSSR count). The topological polar surface area (TPSA) is 95.7 Å². The smallest absolute Gasteiger partial charge is 0.255 e. The molecule has 186 valence electrons. The zero-order chi connectivity index (χ0) is 25.5. The molecular formula is C28H29FN4O3. The van der Waals surface area contributed by atoms with Crippen LogP contribution in [0.4, 0.5) is 15.8 Å². The minimum Gasteiger partial charge on any atom is -0.370 e. The normalized spacial score (nSPS) is 12.5. The van der Waals surface area contributed by atoms with E-state index in [-0.39, 0.29) is 31.3 Å². The molecule has 0 aromatic heterocycles. The number of rotatable bonds is 9. The lowest BCUT2D eigenvalue weighted by Crippen LogP contribution is -2.43. The number of hydrogen-bond donors (Lipinski definition) is 2. The highest BCUT2D eigenvalue weighted by Gasteiger charge is 2.24. The Hall–Kier alpha value is -4.20. The van der Waals surface area contributed by atoms with Gasteiger partial charge in [-0.25, -0.2) is 4.39 Å². The molecule has 0 saturated heterocycles. The van der Waals surface area contributed by atoms with E-state index in [0.29, 0.717) is 24.3 Å². The third-order valence-electron chi connectivity index (χ3n) is 6.22. The predicted molar refractivity (Wildman–Crippen MR) is 137 cm³/mol. The summed E-state index contributed by atoms with van der Waals surface area (Å²) < 4.78 is 13.2. The highest BCUT2D eigenvalue weighted by Crippen LogP contribution is 2.33. The maximum Gasteiger partial charge on any atom is 0.255 e. The average Bonchev–Trinajstić information content (AvgIpc) is 2.88. The Morgan fingerprint density at radius 2 is 1.72 bits per heavy atom. The summed E-state index contributed by atoms with van der Waals surface area (Å²) in [6, 6.07) is 20.6. The summed E-state index contributed by atoms with van der Waals surface area (Å²) in [7, 11) is 0. The molecule has 36 heavy (non-hydrogen) atoms. The first kappa shape index (κ1) is 24.9. The number of nitrogens with two attached hydrogens (primary N) is 1. The number of anilines is 2. The van der Waals surface area contributed by atoms with E-state index < -0.39 is 11.7 Å². The summed E-state index contributed by atoms with van der Waals surface area (Å²) in [4.78, 5) is 41.1. The van der Waals surface area contributed by atoms with E-state index in [2.05, 4.69) is 5.32 Å². The fraction of sp³-hybridized carbons (Fsp3) is 0.250. The van der Waals surface area contributed by atoms with Gasteiger partial charge in [-0.2, -0.15) is 0 Å². The van der Waals surface area contributed by atoms with Gasteiger partial charge in [0.1, 0.15) is 5.82 Å². The van der Waals surface area contributed by atoms with Gasteiger partial charge in [-0.3, -0.25) is 14.4 Å². The molecule has 0 bridgehead atoms. The fourth-order valence-corrected chi connectivity index (χ4v) is 4.38. The van der Waals surface area contributed by atoms with Gasteiger partial charge >= 0.3 is 0 Å². The Morgan fingerprint density at radius 1 is 0.972 bits per heavy atom. The summed E-state index contributed by atoms with van der Waals surface area (Å²) in [5.41, 5.74) is 9.21. The molecule has 0 spiro atoms. The molecule has 0 unspecified atom stereocenters. The number of carbonyl (C=O) groups excluding carboxylic acids is 3. The lowest BCUT2D eigenvalue weighted by Gasteiger charge is -2.34. The van der Waals surface area contributed by atoms with Crippen molar-refractivity contribution in [1.82, 2.24) is 4.90 Å². The predicted octanol–water partition coefficient (Wildman–Crippen LogP) is 3.73. The molecule has 3 N–H and O–H groups in total. The van der Waals surface area contributed by atoms with Crippen molar-refractivity contribution < 1.29 is 18.8 Å². The maximum absolute atomic E-state index is 13.3. The van der Waals surface area contributed by atoms with Crippen LogP contribution >= 0.6 is 0 Å². The summed E-state index contributed by atoms with van der Waals surface area (Å²) in [5, 5.41) is 2.93. The zero-order valence-electron chi connectivity index (χ0n) is 20.0. The summed E-state index contributed by atoms with van der Waals surface area (Å²) in [6.45, 7) is 1.48. The molecule has 3 aromatic carbocycles. The number of nitrogens with one attached hydrogen (secondary N) is 1. The van der Waals surface area contributed by atoms with Crippen LogP contribution in [-0.4, -0.2) is 42.3 Å². The Morgan fingerprint density at radius 3 is 2.44 bits per heavy atom. The van der Waals surface area contributed by atoms with E-state index in [1.165, 1.54) is 24.3 Å². The van der Waals surface area contributed by atoms with Crippen molar-refractivity contribution in [1.29, 1.82) is 0 Å². The van der Waals surface area contributed by atoms with Gasteiger partial charge in [0.25, 0.3) is 5.91 Å². The molecule has 7 nitrogen and oxygen atoms in total. The van der Waals surface area contributed by atoms with Gasteiger partial charge in [-0.05, 0) is 60.4 Å². The van der Waals surface area contributed by atoms with Crippen LogP contribution in [-0.2, 0) is 22.6 Å². The summed E-state index contributed by atoms with van der Waals surface area (Å²) >= 11 is 0. The Labute approximate surface area is 209 Å². The van der Waals surface area contributed by atoms with Gasteiger partial charge in [0.15, 0.2) is 0 Å². The van der Waals surface area contributed by atoms with E-state index in [0.717, 1.165) is 29.7 Å². The summed E-state index contributed by atoms with van der Waals surface area (Å²) in [6.07, 6.45) is 1.67. The molecule has 0 aliphatic carbocycles. The van der Waals surface area contributed by atoms with Crippen molar-refractivity contribution in [2.75, 3.05) is 29.9 Å². The number of halogens is 1. The molecule has 1 aliphatic heterocycles. The first-order valence-electron chi connectivity index (χ1n) is 11.9. The van der Waals surface area contributed by atoms with Crippen molar-refractivity contribution in [3.8, 4) is 0 Å². The Balaban J connectivity index is 1.50. The van der Waals surface area contributed by atoms with Crippen LogP contribution in [0.1, 0.15) is 34.3 Å². The number of nitrogens with zero attached hydrogens (tertiary/aromatic N) is 2. The fourth-order valence-electron chi connectivity index (χ4n) is 4.38. The average molecular weight is 489 g/mol. The molecular weight excluding hydrogens is 459 g/mol. The zero-order valence-corrected chi connectivity index (χ0v) is 20.0. The van der Waals surface area contributed by atoms with Gasteiger partial charge in [0.05, 0.1) is 6.54 Å². The number of hydrogen-bond acceptors (Lipinski definition) is 4. The molecule has 1 heterocycles. The maximum atomic E-state index is 13.3. The summed E-state index contributed by atoms with van der Waals surface area (Å²) in [5.74, 6) is -1.28. The van der Waals surface area contributed by atoms with Crippen LogP contribution in [0.2, 0.25) is 0 Å². The van der Waals surface area contributed by atoms with E-state index in [1.807, 2.05) is 53.4 Å². The van der Waals surface area contributed by atoms with E-state index in [9.17, 15) is 18.8 Å². The van der Waals surface area contributed by atoms with Crippen LogP contribution in [0.3, 0.4) is 0 Å². The van der Waals surface area contributed by atoms with Crippen molar-refractivity contribution >= 4 is 29.1 Å². The minimum atomic E-state index is -0.453. The van der Waals surface area contributed by atoms with Gasteiger partial charge < -0.3 is 20.9 Å². The molecule has 1 aliphatic rings. The van der Waals surface area contributed by atoms with Crippen molar-refractivity contribution in [3.63, 3.8) is 0 Å². The molecule has 0 fully saturated rings. The second kappa shape index (κ2) is 11.5. The third kappa shape index (κ3) is 6.27. The molecule has 8 heteroatoms. The number of primary amides is 1. The molecule has 3 amide bonds. The van der Waals surface area contributed by atoms with Gasteiger partial charge in [0, 0.05) is 43.0 Å². The molecule has 0 atom stereocenters. The quantitative estimate of drug-likeness (QED) is 0.480. The molecule has 0 radical (unpaired) electrons. The lowest BCUT2D eigenvalue weighted by molar-refractivity contribution is -0.131. The molecule has 0 saturated carbocycles. The second-order valence-corrected chi connectivity index (χ2v) is 8.81. The number of amides is 3. The Kier molecular flexibility index (Phi) is 7.95. The van der Waals surface area contributed by atoms with Crippen LogP contribution in [0.15, 0.2) is 72.8 Å². The molecule has 3 aromatic rings. The first-order chi connectivity index (χ1) is 17.4. The van der Waals surface area contributed by atoms with Gasteiger partial charge in [-0.1, -0.05) is 36.4 Å². The van der Waals surface area contributed by atoms with Crippen molar-refractivity contribution in [2.24, 2.45) is 5.73 Å². The standard InChI is InChI=1S/C28H29FN4O3/c29-22-13-11-21(12-14-22)28(36)31-24-9-4-10-25-23(24)8-5-16-32(25)19-27(35)33(17-15-26(30)34)18-20-6-2-1-3-7-20/h1-4,6-7,9-14H,5,8,15-19H2,(H2,30,34)(H,31,36). The highest BCUT2D eigenvalue weighted by molar-refractivity contribution is 6.05. The minimum absolute atomic E-state index is 0.0920. The van der Waals surface area contributed by atoms with Crippen LogP contribution in [0.25, 0.3) is 0 Å². The van der Waals surface area contributed by atoms with Gasteiger partial charge in [0.2, 0.25) is 11.8 Å². The van der Waals surface area contributed by atoms with E-state index >= 15 is 0 Å². The SMILES string of the molecule is NC(=O)CCN(Cc1ccccc1)C(=O)CN1CCCc2c(NC(=O)c3ccc(F)cc3)cccc21. The van der Waals surface area contributed by atoms with Crippen LogP contribution in [0.5, 0.6) is 0 Å².